The van der Waals surface area contributed by atoms with E-state index in [1.165, 1.54) is 97.4 Å². The molecule has 1 aliphatic rings. The number of benzene rings is 11. The molecule has 1 nitrogen and oxygen atoms in total. The Morgan fingerprint density at radius 2 is 0.846 bits per heavy atom. The van der Waals surface area contributed by atoms with Gasteiger partial charge in [0.1, 0.15) is 0 Å². The molecule has 0 unspecified atom stereocenters. The minimum atomic E-state index is -0.459. The molecule has 12 aromatic rings. The first-order valence-electron chi connectivity index (χ1n) is 22.4. The molecule has 11 aromatic carbocycles. The molecule has 1 heterocycles. The van der Waals surface area contributed by atoms with Crippen molar-refractivity contribution < 1.29 is 0 Å². The summed E-state index contributed by atoms with van der Waals surface area (Å²) < 4.78 is 2.67. The lowest BCUT2D eigenvalue weighted by Gasteiger charge is -2.34. The molecule has 0 N–H and O–H groups in total. The normalized spacial score (nSPS) is 12.7. The van der Waals surface area contributed by atoms with Crippen molar-refractivity contribution in [3.63, 3.8) is 0 Å². The summed E-state index contributed by atoms with van der Waals surface area (Å²) in [5, 5.41) is 7.84. The summed E-state index contributed by atoms with van der Waals surface area (Å²) in [6.07, 6.45) is 0. The molecule has 0 saturated heterocycles. The van der Waals surface area contributed by atoms with Crippen LogP contribution in [0.15, 0.2) is 249 Å². The first-order chi connectivity index (χ1) is 32.2. The summed E-state index contributed by atoms with van der Waals surface area (Å²) in [7, 11) is 0. The number of hydrogen-bond acceptors (Lipinski definition) is 2. The third kappa shape index (κ3) is 5.85. The zero-order valence-corrected chi connectivity index (χ0v) is 36.3. The predicted octanol–water partition coefficient (Wildman–Crippen LogP) is 17.5. The summed E-state index contributed by atoms with van der Waals surface area (Å²) in [5.74, 6) is 0. The van der Waals surface area contributed by atoms with Gasteiger partial charge in [0.25, 0.3) is 0 Å². The molecule has 0 fully saturated rings. The van der Waals surface area contributed by atoms with Gasteiger partial charge in [0.05, 0.1) is 5.41 Å². The predicted molar refractivity (Wildman–Crippen MR) is 277 cm³/mol. The van der Waals surface area contributed by atoms with E-state index in [2.05, 4.69) is 254 Å². The molecule has 0 spiro atoms. The van der Waals surface area contributed by atoms with Crippen LogP contribution in [-0.4, -0.2) is 0 Å². The van der Waals surface area contributed by atoms with Gasteiger partial charge >= 0.3 is 0 Å². The van der Waals surface area contributed by atoms with E-state index in [0.29, 0.717) is 0 Å². The Morgan fingerprint density at radius 1 is 0.308 bits per heavy atom. The Morgan fingerprint density at radius 3 is 1.60 bits per heavy atom. The van der Waals surface area contributed by atoms with Crippen LogP contribution >= 0.6 is 11.3 Å². The molecular formula is C63H41NS. The summed E-state index contributed by atoms with van der Waals surface area (Å²) >= 11 is 1.92. The summed E-state index contributed by atoms with van der Waals surface area (Å²) in [6.45, 7) is 0. The first-order valence-corrected chi connectivity index (χ1v) is 23.2. The van der Waals surface area contributed by atoms with Crippen LogP contribution in [0.5, 0.6) is 0 Å². The van der Waals surface area contributed by atoms with E-state index in [1.54, 1.807) is 0 Å². The van der Waals surface area contributed by atoms with Crippen molar-refractivity contribution >= 4 is 70.1 Å². The highest BCUT2D eigenvalue weighted by molar-refractivity contribution is 7.27. The molecule has 2 heteroatoms. The van der Waals surface area contributed by atoms with Crippen molar-refractivity contribution in [3.8, 4) is 33.4 Å². The number of fused-ring (bicyclic) bond motifs is 10. The molecule has 0 radical (unpaired) electrons. The second-order valence-corrected chi connectivity index (χ2v) is 18.2. The fourth-order valence-corrected chi connectivity index (χ4v) is 12.2. The standard InChI is InChI=1S/C63H41NS/c1-3-15-42(16-4-1)46-18-13-21-51(41-46)64(50-38-34-48(35-39-50)63(47-19-5-2-6-20-47)58-27-11-9-23-54(58)55-24-10-12-28-59(55)63)49-36-31-44(32-37-49)53-25-14-26-56-57-40-33-45-30-29-43-17-7-8-22-52(43)60(45)62(57)65-61(53)56/h1-41H. The summed E-state index contributed by atoms with van der Waals surface area (Å²) in [4.78, 5) is 2.41. The SMILES string of the molecule is c1ccc(-c2cccc(N(c3ccc(-c4cccc5c4sc4c5ccc5ccc6ccccc6c54)cc3)c3ccc(C4(c5ccccc5)c5ccccc5-c5ccccc54)cc3)c2)cc1. The van der Waals surface area contributed by atoms with E-state index in [-0.39, 0.29) is 0 Å². The fraction of sp³-hybridized carbons (Fsp3) is 0.0159. The molecule has 0 bridgehead atoms. The van der Waals surface area contributed by atoms with Crippen molar-refractivity contribution in [3.05, 3.63) is 271 Å². The van der Waals surface area contributed by atoms with Crippen LogP contribution in [-0.2, 0) is 5.41 Å². The Bertz CT molecular complexity index is 3710. The van der Waals surface area contributed by atoms with Crippen LogP contribution in [0, 0.1) is 0 Å². The van der Waals surface area contributed by atoms with E-state index >= 15 is 0 Å². The van der Waals surface area contributed by atoms with E-state index < -0.39 is 5.41 Å². The van der Waals surface area contributed by atoms with Gasteiger partial charge in [0.15, 0.2) is 0 Å². The Kier molecular flexibility index (Phi) is 8.69. The van der Waals surface area contributed by atoms with Crippen LogP contribution < -0.4 is 4.90 Å². The molecule has 1 aromatic heterocycles. The number of thiophene rings is 1. The third-order valence-corrected chi connectivity index (χ3v) is 15.0. The Hall–Kier alpha value is -8.04. The second-order valence-electron chi connectivity index (χ2n) is 17.2. The van der Waals surface area contributed by atoms with Gasteiger partial charge in [0.2, 0.25) is 0 Å². The molecule has 1 aliphatic carbocycles. The average molecular weight is 844 g/mol. The van der Waals surface area contributed by atoms with Crippen molar-refractivity contribution in [1.29, 1.82) is 0 Å². The van der Waals surface area contributed by atoms with Gasteiger partial charge in [-0.2, -0.15) is 0 Å². The Balaban J connectivity index is 0.954. The van der Waals surface area contributed by atoms with Gasteiger partial charge in [-0.05, 0) is 108 Å². The van der Waals surface area contributed by atoms with Gasteiger partial charge in [-0.15, -0.1) is 11.3 Å². The van der Waals surface area contributed by atoms with Crippen molar-refractivity contribution in [1.82, 2.24) is 0 Å². The fourth-order valence-electron chi connectivity index (χ4n) is 10.8. The molecular weight excluding hydrogens is 803 g/mol. The van der Waals surface area contributed by atoms with E-state index in [1.807, 2.05) is 11.3 Å². The average Bonchev–Trinajstić information content (AvgIpc) is 3.92. The van der Waals surface area contributed by atoms with Crippen LogP contribution in [0.1, 0.15) is 22.3 Å². The molecule has 0 saturated carbocycles. The highest BCUT2D eigenvalue weighted by Crippen LogP contribution is 2.56. The maximum Gasteiger partial charge on any atom is 0.0713 e. The Labute approximate surface area is 382 Å². The lowest BCUT2D eigenvalue weighted by molar-refractivity contribution is 0.768. The molecule has 0 aliphatic heterocycles. The number of anilines is 3. The highest BCUT2D eigenvalue weighted by Gasteiger charge is 2.45. The monoisotopic (exact) mass is 843 g/mol. The molecule has 13 rings (SSSR count). The number of rotatable bonds is 7. The first kappa shape index (κ1) is 37.5. The van der Waals surface area contributed by atoms with Gasteiger partial charge in [0, 0.05) is 42.6 Å². The van der Waals surface area contributed by atoms with Crippen molar-refractivity contribution in [2.75, 3.05) is 4.90 Å². The smallest absolute Gasteiger partial charge is 0.0713 e. The van der Waals surface area contributed by atoms with Crippen LogP contribution in [0.3, 0.4) is 0 Å². The van der Waals surface area contributed by atoms with Crippen LogP contribution in [0.25, 0.3) is 75.1 Å². The van der Waals surface area contributed by atoms with Crippen molar-refractivity contribution in [2.24, 2.45) is 0 Å². The number of hydrogen-bond donors (Lipinski definition) is 0. The lowest BCUT2D eigenvalue weighted by atomic mass is 9.68. The lowest BCUT2D eigenvalue weighted by Crippen LogP contribution is -2.28. The minimum absolute atomic E-state index is 0.459. The quantitative estimate of drug-likeness (QED) is 0.145. The maximum absolute atomic E-state index is 2.41. The van der Waals surface area contributed by atoms with Crippen LogP contribution in [0.2, 0.25) is 0 Å². The summed E-state index contributed by atoms with van der Waals surface area (Å²) in [5.41, 5.74) is 15.4. The van der Waals surface area contributed by atoms with E-state index in [0.717, 1.165) is 17.1 Å². The van der Waals surface area contributed by atoms with Gasteiger partial charge in [-0.25, -0.2) is 0 Å². The zero-order chi connectivity index (χ0) is 42.9. The topological polar surface area (TPSA) is 3.24 Å². The highest BCUT2D eigenvalue weighted by atomic mass is 32.1. The van der Waals surface area contributed by atoms with Gasteiger partial charge in [-0.1, -0.05) is 212 Å². The summed E-state index contributed by atoms with van der Waals surface area (Å²) in [6, 6.07) is 91.8. The van der Waals surface area contributed by atoms with Crippen molar-refractivity contribution in [2.45, 2.75) is 5.41 Å². The van der Waals surface area contributed by atoms with Gasteiger partial charge < -0.3 is 4.90 Å². The third-order valence-electron chi connectivity index (χ3n) is 13.7. The van der Waals surface area contributed by atoms with E-state index in [4.69, 9.17) is 0 Å². The maximum atomic E-state index is 2.41. The van der Waals surface area contributed by atoms with Crippen LogP contribution in [0.4, 0.5) is 17.1 Å². The molecule has 65 heavy (non-hydrogen) atoms. The largest absolute Gasteiger partial charge is 0.310 e. The number of nitrogens with zero attached hydrogens (tertiary/aromatic N) is 1. The zero-order valence-electron chi connectivity index (χ0n) is 35.5. The second kappa shape index (κ2) is 15.1. The van der Waals surface area contributed by atoms with Gasteiger partial charge in [-0.3, -0.25) is 0 Å². The molecule has 0 amide bonds. The molecule has 304 valence electrons. The molecule has 0 atom stereocenters. The van der Waals surface area contributed by atoms with E-state index in [9.17, 15) is 0 Å². The minimum Gasteiger partial charge on any atom is -0.310 e.